The van der Waals surface area contributed by atoms with Crippen molar-refractivity contribution in [1.82, 2.24) is 0 Å². The minimum absolute atomic E-state index is 0.117. The minimum Gasteiger partial charge on any atom is -0.444 e. The van der Waals surface area contributed by atoms with Gasteiger partial charge in [-0.15, -0.1) is 0 Å². The summed E-state index contributed by atoms with van der Waals surface area (Å²) in [6, 6.07) is 2.26. The molecule has 0 saturated heterocycles. The first-order chi connectivity index (χ1) is 9.29. The van der Waals surface area contributed by atoms with E-state index >= 15 is 0 Å². The Hall–Kier alpha value is -0.690. The Kier molecular flexibility index (Phi) is 4.39. The van der Waals surface area contributed by atoms with Gasteiger partial charge in [-0.1, -0.05) is 15.9 Å². The Balaban J connectivity index is 2.61. The molecule has 1 heterocycles. The Labute approximate surface area is 122 Å². The quantitative estimate of drug-likeness (QED) is 0.587. The Morgan fingerprint density at radius 3 is 2.40 bits per heavy atom. The number of alkyl halides is 3. The standard InChI is InChI=1S/C11H9BrF3O4P/c1-17-20(18-2)10-6-3-5(12)4-7(11(13,14)15)8(6)9(16)19-10/h3-4,10H,1-2H3. The SMILES string of the molecule is COP(OC)C1OC(=O)c2c1cc(Br)cc2C(F)(F)F. The lowest BCUT2D eigenvalue weighted by atomic mass is 10.0. The fourth-order valence-corrected chi connectivity index (χ4v) is 3.54. The van der Waals surface area contributed by atoms with Crippen LogP contribution < -0.4 is 0 Å². The molecule has 1 atom stereocenters. The highest BCUT2D eigenvalue weighted by atomic mass is 79.9. The molecule has 0 fully saturated rings. The van der Waals surface area contributed by atoms with Crippen LogP contribution in [0.3, 0.4) is 0 Å². The van der Waals surface area contributed by atoms with Gasteiger partial charge < -0.3 is 13.8 Å². The number of fused-ring (bicyclic) bond motifs is 1. The molecule has 0 aromatic heterocycles. The summed E-state index contributed by atoms with van der Waals surface area (Å²) in [7, 11) is 1.01. The monoisotopic (exact) mass is 372 g/mol. The van der Waals surface area contributed by atoms with Crippen molar-refractivity contribution in [2.75, 3.05) is 14.2 Å². The van der Waals surface area contributed by atoms with E-state index in [2.05, 4.69) is 15.9 Å². The van der Waals surface area contributed by atoms with Crippen molar-refractivity contribution in [2.45, 2.75) is 12.0 Å². The molecule has 1 unspecified atom stereocenters. The number of esters is 1. The fraction of sp³-hybridized carbons (Fsp3) is 0.364. The third-order valence-electron chi connectivity index (χ3n) is 2.68. The van der Waals surface area contributed by atoms with Gasteiger partial charge in [-0.05, 0) is 12.1 Å². The van der Waals surface area contributed by atoms with Crippen LogP contribution in [-0.4, -0.2) is 20.2 Å². The molecule has 0 N–H and O–H groups in total. The number of cyclic esters (lactones) is 1. The van der Waals surface area contributed by atoms with E-state index in [1.807, 2.05) is 0 Å². The maximum atomic E-state index is 13.0. The molecule has 4 nitrogen and oxygen atoms in total. The predicted molar refractivity (Wildman–Crippen MR) is 68.2 cm³/mol. The molecule has 1 aromatic rings. The van der Waals surface area contributed by atoms with Gasteiger partial charge in [0.25, 0.3) is 0 Å². The number of benzene rings is 1. The van der Waals surface area contributed by atoms with Gasteiger partial charge in [-0.25, -0.2) is 4.79 Å². The number of ether oxygens (including phenoxy) is 1. The first kappa shape index (κ1) is 15.7. The lowest BCUT2D eigenvalue weighted by Gasteiger charge is -2.19. The molecule has 0 amide bonds. The highest BCUT2D eigenvalue weighted by Crippen LogP contribution is 2.57. The highest BCUT2D eigenvalue weighted by molar-refractivity contribution is 9.10. The van der Waals surface area contributed by atoms with Gasteiger partial charge >= 0.3 is 12.1 Å². The molecule has 1 aliphatic rings. The number of halogens is 4. The number of carbonyl (C=O) groups is 1. The molecule has 0 spiro atoms. The Bertz CT molecular complexity index is 545. The first-order valence-corrected chi connectivity index (χ1v) is 7.32. The molecule has 0 aliphatic carbocycles. The van der Waals surface area contributed by atoms with E-state index in [-0.39, 0.29) is 10.0 Å². The zero-order valence-corrected chi connectivity index (χ0v) is 12.8. The van der Waals surface area contributed by atoms with E-state index in [1.54, 1.807) is 0 Å². The normalized spacial score (nSPS) is 18.4. The topological polar surface area (TPSA) is 44.8 Å². The summed E-state index contributed by atoms with van der Waals surface area (Å²) in [4.78, 5) is 11.8. The average Bonchev–Trinajstić information content (AvgIpc) is 2.66. The Morgan fingerprint density at radius 1 is 1.30 bits per heavy atom. The molecule has 0 radical (unpaired) electrons. The molecule has 2 rings (SSSR count). The largest absolute Gasteiger partial charge is 0.444 e. The van der Waals surface area contributed by atoms with E-state index in [1.165, 1.54) is 20.3 Å². The van der Waals surface area contributed by atoms with Crippen molar-refractivity contribution >= 4 is 30.3 Å². The van der Waals surface area contributed by atoms with Gasteiger partial charge in [-0.3, -0.25) is 0 Å². The smallest absolute Gasteiger partial charge is 0.417 e. The molecule has 110 valence electrons. The number of carbonyl (C=O) groups excluding carboxylic acids is 1. The van der Waals surface area contributed by atoms with Crippen LogP contribution in [0, 0.1) is 0 Å². The second-order valence-electron chi connectivity index (χ2n) is 3.82. The van der Waals surface area contributed by atoms with Crippen LogP contribution in [0.1, 0.15) is 27.3 Å². The van der Waals surface area contributed by atoms with Gasteiger partial charge in [0.15, 0.2) is 5.85 Å². The van der Waals surface area contributed by atoms with Gasteiger partial charge in [0.1, 0.15) is 0 Å². The van der Waals surface area contributed by atoms with Crippen LogP contribution >= 0.6 is 24.3 Å². The van der Waals surface area contributed by atoms with Crippen LogP contribution in [-0.2, 0) is 20.0 Å². The maximum Gasteiger partial charge on any atom is 0.417 e. The summed E-state index contributed by atoms with van der Waals surface area (Å²) < 4.78 is 54.2. The number of rotatable bonds is 3. The van der Waals surface area contributed by atoms with Gasteiger partial charge in [0.05, 0.1) is 11.1 Å². The summed E-state index contributed by atoms with van der Waals surface area (Å²) in [5, 5.41) is 0. The lowest BCUT2D eigenvalue weighted by molar-refractivity contribution is -0.138. The molecular weight excluding hydrogens is 364 g/mol. The highest BCUT2D eigenvalue weighted by Gasteiger charge is 2.45. The van der Waals surface area contributed by atoms with Gasteiger partial charge in [0, 0.05) is 24.3 Å². The molecule has 20 heavy (non-hydrogen) atoms. The zero-order valence-electron chi connectivity index (χ0n) is 10.3. The third-order valence-corrected chi connectivity index (χ3v) is 4.62. The summed E-state index contributed by atoms with van der Waals surface area (Å²) in [5.74, 6) is -1.99. The zero-order chi connectivity index (χ0) is 15.1. The van der Waals surface area contributed by atoms with E-state index in [4.69, 9.17) is 13.8 Å². The molecule has 1 aliphatic heterocycles. The predicted octanol–water partition coefficient (Wildman–Crippen LogP) is 4.24. The summed E-state index contributed by atoms with van der Waals surface area (Å²) in [6.07, 6.45) is -4.65. The maximum absolute atomic E-state index is 13.0. The van der Waals surface area contributed by atoms with E-state index in [0.717, 1.165) is 6.07 Å². The van der Waals surface area contributed by atoms with Crippen molar-refractivity contribution in [3.8, 4) is 0 Å². The van der Waals surface area contributed by atoms with E-state index < -0.39 is 37.5 Å². The van der Waals surface area contributed by atoms with Crippen molar-refractivity contribution in [2.24, 2.45) is 0 Å². The molecule has 9 heteroatoms. The minimum atomic E-state index is -4.65. The van der Waals surface area contributed by atoms with Crippen LogP contribution in [0.15, 0.2) is 16.6 Å². The Morgan fingerprint density at radius 2 is 1.90 bits per heavy atom. The fourth-order valence-electron chi connectivity index (χ4n) is 1.92. The van der Waals surface area contributed by atoms with Crippen molar-refractivity contribution < 1.29 is 31.8 Å². The van der Waals surface area contributed by atoms with Crippen LogP contribution in [0.4, 0.5) is 13.2 Å². The summed E-state index contributed by atoms with van der Waals surface area (Å²) in [6.45, 7) is 0. The first-order valence-electron chi connectivity index (χ1n) is 5.28. The van der Waals surface area contributed by atoms with E-state index in [9.17, 15) is 18.0 Å². The van der Waals surface area contributed by atoms with Crippen molar-refractivity contribution in [3.05, 3.63) is 33.3 Å². The van der Waals surface area contributed by atoms with Gasteiger partial charge in [-0.2, -0.15) is 13.2 Å². The lowest BCUT2D eigenvalue weighted by Crippen LogP contribution is -2.12. The van der Waals surface area contributed by atoms with Crippen molar-refractivity contribution in [3.63, 3.8) is 0 Å². The molecular formula is C11H9BrF3O4P. The second kappa shape index (κ2) is 5.60. The van der Waals surface area contributed by atoms with Crippen LogP contribution in [0.25, 0.3) is 0 Å². The van der Waals surface area contributed by atoms with Crippen LogP contribution in [0.5, 0.6) is 0 Å². The van der Waals surface area contributed by atoms with Gasteiger partial charge in [0.2, 0.25) is 8.38 Å². The van der Waals surface area contributed by atoms with Crippen molar-refractivity contribution in [1.29, 1.82) is 0 Å². The molecule has 1 aromatic carbocycles. The summed E-state index contributed by atoms with van der Waals surface area (Å²) >= 11 is 3.01. The molecule has 0 saturated carbocycles. The third kappa shape index (κ3) is 2.70. The summed E-state index contributed by atoms with van der Waals surface area (Å²) in [5.41, 5.74) is -1.39. The van der Waals surface area contributed by atoms with E-state index in [0.29, 0.717) is 0 Å². The number of hydrogen-bond donors (Lipinski definition) is 0. The second-order valence-corrected chi connectivity index (χ2v) is 6.51. The number of hydrogen-bond acceptors (Lipinski definition) is 4. The molecule has 0 bridgehead atoms. The van der Waals surface area contributed by atoms with Crippen LogP contribution in [0.2, 0.25) is 0 Å². The average molecular weight is 373 g/mol.